The van der Waals surface area contributed by atoms with Gasteiger partial charge < -0.3 is 10.5 Å². The third-order valence-electron chi connectivity index (χ3n) is 2.92. The van der Waals surface area contributed by atoms with Crippen LogP contribution in [0.25, 0.3) is 0 Å². The van der Waals surface area contributed by atoms with Gasteiger partial charge in [-0.3, -0.25) is 16.0 Å². The Hall–Kier alpha value is -2.09. The molecule has 0 amide bonds. The number of nitrogens with two attached hydrogens (primary N) is 1. The lowest BCUT2D eigenvalue weighted by atomic mass is 10.2. The number of hydrogen-bond acceptors (Lipinski definition) is 6. The van der Waals surface area contributed by atoms with E-state index >= 15 is 0 Å². The van der Waals surface area contributed by atoms with E-state index in [0.29, 0.717) is 11.4 Å². The van der Waals surface area contributed by atoms with Crippen LogP contribution in [0, 0.1) is 10.1 Å². The molecular weight excluding hydrogens is 290 g/mol. The maximum Gasteiger partial charge on any atom is 0.293 e. The molecule has 0 spiro atoms. The lowest BCUT2D eigenvalue weighted by molar-refractivity contribution is -0.384. The summed E-state index contributed by atoms with van der Waals surface area (Å²) in [5, 5.41) is 19.8. The van der Waals surface area contributed by atoms with Crippen LogP contribution in [0.4, 0.5) is 11.4 Å². The van der Waals surface area contributed by atoms with Crippen LogP contribution in [0.1, 0.15) is 11.1 Å². The van der Waals surface area contributed by atoms with Crippen LogP contribution in [0.3, 0.4) is 0 Å². The van der Waals surface area contributed by atoms with Gasteiger partial charge in [0.15, 0.2) is 0 Å². The highest BCUT2D eigenvalue weighted by Crippen LogP contribution is 2.28. The predicted octanol–water partition coefficient (Wildman–Crippen LogP) is 2.67. The van der Waals surface area contributed by atoms with Crippen LogP contribution in [0.5, 0.6) is 0 Å². The predicted molar refractivity (Wildman–Crippen MR) is 82.8 cm³/mol. The summed E-state index contributed by atoms with van der Waals surface area (Å²) in [6.07, 6.45) is 0. The Balaban J connectivity index is 2.07. The van der Waals surface area contributed by atoms with Crippen LogP contribution >= 0.6 is 11.8 Å². The molecule has 0 aliphatic carbocycles. The van der Waals surface area contributed by atoms with E-state index in [9.17, 15) is 10.1 Å². The molecule has 0 aliphatic heterocycles. The maximum absolute atomic E-state index is 10.8. The average molecular weight is 305 g/mol. The van der Waals surface area contributed by atoms with Crippen LogP contribution in [-0.2, 0) is 12.4 Å². The number of nitro groups is 1. The lowest BCUT2D eigenvalue weighted by Crippen LogP contribution is -2.09. The van der Waals surface area contributed by atoms with Crippen LogP contribution < -0.4 is 11.3 Å². The lowest BCUT2D eigenvalue weighted by Gasteiger charge is -2.06. The zero-order valence-corrected chi connectivity index (χ0v) is 12.0. The molecule has 7 heteroatoms. The number of nitrogen functional groups attached to an aromatic ring is 1. The molecule has 0 aliphatic rings. The van der Waals surface area contributed by atoms with Gasteiger partial charge in [0.05, 0.1) is 11.5 Å². The molecular formula is C14H15N3O3S. The second kappa shape index (κ2) is 7.07. The van der Waals surface area contributed by atoms with Crippen molar-refractivity contribution in [2.75, 3.05) is 5.43 Å². The van der Waals surface area contributed by atoms with E-state index in [1.54, 1.807) is 23.9 Å². The van der Waals surface area contributed by atoms with Gasteiger partial charge in [-0.15, -0.1) is 11.8 Å². The standard InChI is InChI=1S/C14H15N3O3S/c15-16-13-7-11(3-6-14(13)17(19)20)9-21-12-4-1-10(8-18)2-5-12/h1-7,16,18H,8-9,15H2. The van der Waals surface area contributed by atoms with Crippen molar-refractivity contribution in [3.8, 4) is 0 Å². The summed E-state index contributed by atoms with van der Waals surface area (Å²) in [4.78, 5) is 11.4. The first kappa shape index (κ1) is 15.3. The van der Waals surface area contributed by atoms with E-state index in [-0.39, 0.29) is 12.3 Å². The topological polar surface area (TPSA) is 101 Å². The quantitative estimate of drug-likeness (QED) is 0.328. The molecule has 0 atom stereocenters. The van der Waals surface area contributed by atoms with Gasteiger partial charge in [0.1, 0.15) is 5.69 Å². The fourth-order valence-corrected chi connectivity index (χ4v) is 2.65. The van der Waals surface area contributed by atoms with E-state index in [0.717, 1.165) is 16.0 Å². The molecule has 0 aromatic heterocycles. The maximum atomic E-state index is 10.8. The van der Waals surface area contributed by atoms with Gasteiger partial charge in [0.2, 0.25) is 0 Å². The molecule has 0 radical (unpaired) electrons. The summed E-state index contributed by atoms with van der Waals surface area (Å²) in [7, 11) is 0. The number of hydrazine groups is 1. The number of aliphatic hydroxyl groups is 1. The third kappa shape index (κ3) is 3.94. The van der Waals surface area contributed by atoms with Gasteiger partial charge in [-0.05, 0) is 29.3 Å². The molecule has 2 aromatic rings. The van der Waals surface area contributed by atoms with E-state index < -0.39 is 4.92 Å². The molecule has 2 rings (SSSR count). The third-order valence-corrected chi connectivity index (χ3v) is 4.01. The Morgan fingerprint density at radius 1 is 1.19 bits per heavy atom. The van der Waals surface area contributed by atoms with Crippen molar-refractivity contribution in [2.24, 2.45) is 5.84 Å². The molecule has 0 bridgehead atoms. The minimum atomic E-state index is -0.472. The van der Waals surface area contributed by atoms with Crippen molar-refractivity contribution < 1.29 is 10.0 Å². The molecule has 0 fully saturated rings. The Kier molecular flexibility index (Phi) is 5.15. The van der Waals surface area contributed by atoms with Crippen LogP contribution in [0.15, 0.2) is 47.4 Å². The second-order valence-electron chi connectivity index (χ2n) is 4.34. The molecule has 0 heterocycles. The molecule has 0 saturated heterocycles. The van der Waals surface area contributed by atoms with Crippen molar-refractivity contribution in [2.45, 2.75) is 17.3 Å². The van der Waals surface area contributed by atoms with E-state index in [1.807, 2.05) is 24.3 Å². The highest BCUT2D eigenvalue weighted by molar-refractivity contribution is 7.98. The van der Waals surface area contributed by atoms with Gasteiger partial charge in [0, 0.05) is 16.7 Å². The smallest absolute Gasteiger partial charge is 0.293 e. The number of hydrogen-bond donors (Lipinski definition) is 3. The summed E-state index contributed by atoms with van der Waals surface area (Å²) in [6.45, 7) is 0.0266. The van der Waals surface area contributed by atoms with Gasteiger partial charge in [0.25, 0.3) is 5.69 Å². The normalized spacial score (nSPS) is 10.4. The van der Waals surface area contributed by atoms with Gasteiger partial charge >= 0.3 is 0 Å². The van der Waals surface area contributed by atoms with E-state index in [4.69, 9.17) is 10.9 Å². The fourth-order valence-electron chi connectivity index (χ4n) is 1.81. The Morgan fingerprint density at radius 2 is 1.86 bits per heavy atom. The van der Waals surface area contributed by atoms with Crippen LogP contribution in [-0.4, -0.2) is 10.0 Å². The van der Waals surface area contributed by atoms with Gasteiger partial charge in [-0.25, -0.2) is 0 Å². The highest BCUT2D eigenvalue weighted by Gasteiger charge is 2.13. The molecule has 21 heavy (non-hydrogen) atoms. The van der Waals surface area contributed by atoms with Crippen LogP contribution in [0.2, 0.25) is 0 Å². The largest absolute Gasteiger partial charge is 0.392 e. The Labute approximate surface area is 126 Å². The SMILES string of the molecule is NNc1cc(CSc2ccc(CO)cc2)ccc1[N+](=O)[O-]. The number of rotatable bonds is 6. The van der Waals surface area contributed by atoms with Gasteiger partial charge in [-0.1, -0.05) is 18.2 Å². The minimum Gasteiger partial charge on any atom is -0.392 e. The van der Waals surface area contributed by atoms with Crippen molar-refractivity contribution in [1.29, 1.82) is 0 Å². The van der Waals surface area contributed by atoms with E-state index in [1.165, 1.54) is 6.07 Å². The number of nitro benzene ring substituents is 1. The summed E-state index contributed by atoms with van der Waals surface area (Å²) in [5.41, 5.74) is 4.41. The number of anilines is 1. The van der Waals surface area contributed by atoms with E-state index in [2.05, 4.69) is 5.43 Å². The monoisotopic (exact) mass is 305 g/mol. The molecule has 2 aromatic carbocycles. The molecule has 0 unspecified atom stereocenters. The molecule has 110 valence electrons. The van der Waals surface area contributed by atoms with Crippen molar-refractivity contribution in [1.82, 2.24) is 0 Å². The zero-order valence-electron chi connectivity index (χ0n) is 11.2. The highest BCUT2D eigenvalue weighted by atomic mass is 32.2. The second-order valence-corrected chi connectivity index (χ2v) is 5.39. The molecule has 0 saturated carbocycles. The molecule has 6 nitrogen and oxygen atoms in total. The zero-order chi connectivity index (χ0) is 15.2. The first-order valence-electron chi connectivity index (χ1n) is 6.20. The number of thioether (sulfide) groups is 1. The van der Waals surface area contributed by atoms with Gasteiger partial charge in [-0.2, -0.15) is 0 Å². The summed E-state index contributed by atoms with van der Waals surface area (Å²) in [5.74, 6) is 5.98. The first-order chi connectivity index (χ1) is 10.1. The fraction of sp³-hybridized carbons (Fsp3) is 0.143. The Morgan fingerprint density at radius 3 is 2.43 bits per heavy atom. The number of nitrogens with zero attached hydrogens (tertiary/aromatic N) is 1. The minimum absolute atomic E-state index is 0.0266. The molecule has 4 N–H and O–H groups in total. The number of aliphatic hydroxyl groups excluding tert-OH is 1. The first-order valence-corrected chi connectivity index (χ1v) is 7.19. The van der Waals surface area contributed by atoms with Crippen molar-refractivity contribution in [3.05, 3.63) is 63.7 Å². The average Bonchev–Trinajstić information content (AvgIpc) is 2.52. The van der Waals surface area contributed by atoms with Crippen molar-refractivity contribution >= 4 is 23.1 Å². The number of benzene rings is 2. The summed E-state index contributed by atoms with van der Waals surface area (Å²) >= 11 is 1.61. The number of nitrogens with one attached hydrogen (secondary N) is 1. The Bertz CT molecular complexity index is 632. The summed E-state index contributed by atoms with van der Waals surface area (Å²) < 4.78 is 0. The summed E-state index contributed by atoms with van der Waals surface area (Å²) in [6, 6.07) is 12.4. The van der Waals surface area contributed by atoms with Crippen molar-refractivity contribution in [3.63, 3.8) is 0 Å².